The fraction of sp³-hybridized carbons (Fsp3) is 0.167. The smallest absolute Gasteiger partial charge is 0.255 e. The van der Waals surface area contributed by atoms with E-state index >= 15 is 0 Å². The maximum absolute atomic E-state index is 11.9. The normalized spacial score (nSPS) is 10.3. The minimum Gasteiger partial charge on any atom is -0.362 e. The second-order valence-electron chi connectivity index (χ2n) is 3.65. The topological polar surface area (TPSA) is 56.1 Å². The summed E-state index contributed by atoms with van der Waals surface area (Å²) in [6.07, 6.45) is 3.25. The van der Waals surface area contributed by atoms with Crippen LogP contribution in [0, 0.1) is 0 Å². The van der Waals surface area contributed by atoms with E-state index in [2.05, 4.69) is 10.4 Å². The van der Waals surface area contributed by atoms with Crippen molar-refractivity contribution < 1.29 is 9.53 Å². The summed E-state index contributed by atoms with van der Waals surface area (Å²) in [5.41, 5.74) is 1.16. The SMILES string of the molecule is COCn1cc(NC(=O)c2ccc(Cl)cc2)cn1. The van der Waals surface area contributed by atoms with E-state index in [1.165, 1.54) is 0 Å². The number of hydrogen-bond acceptors (Lipinski definition) is 3. The van der Waals surface area contributed by atoms with E-state index in [0.717, 1.165) is 0 Å². The van der Waals surface area contributed by atoms with Crippen molar-refractivity contribution in [1.82, 2.24) is 9.78 Å². The highest BCUT2D eigenvalue weighted by molar-refractivity contribution is 6.30. The molecule has 94 valence electrons. The zero-order valence-corrected chi connectivity index (χ0v) is 10.5. The molecule has 0 spiro atoms. The van der Waals surface area contributed by atoms with Crippen molar-refractivity contribution in [3.63, 3.8) is 0 Å². The number of carbonyl (C=O) groups is 1. The first-order valence-corrected chi connectivity index (χ1v) is 5.65. The molecule has 0 aliphatic rings. The van der Waals surface area contributed by atoms with Crippen LogP contribution in [0.25, 0.3) is 0 Å². The number of rotatable bonds is 4. The lowest BCUT2D eigenvalue weighted by Crippen LogP contribution is -2.11. The summed E-state index contributed by atoms with van der Waals surface area (Å²) in [5.74, 6) is -0.205. The maximum Gasteiger partial charge on any atom is 0.255 e. The van der Waals surface area contributed by atoms with Gasteiger partial charge in [-0.1, -0.05) is 11.6 Å². The Bertz CT molecular complexity index is 537. The van der Waals surface area contributed by atoms with Gasteiger partial charge in [0.25, 0.3) is 5.91 Å². The Hall–Kier alpha value is -1.85. The molecule has 0 saturated carbocycles. The van der Waals surface area contributed by atoms with Crippen LogP contribution in [-0.4, -0.2) is 22.8 Å². The molecular weight excluding hydrogens is 254 g/mol. The second kappa shape index (κ2) is 5.66. The van der Waals surface area contributed by atoms with E-state index in [0.29, 0.717) is 23.0 Å². The molecule has 1 amide bonds. The number of benzene rings is 1. The van der Waals surface area contributed by atoms with Crippen molar-refractivity contribution in [2.75, 3.05) is 12.4 Å². The monoisotopic (exact) mass is 265 g/mol. The predicted octanol–water partition coefficient (Wildman–Crippen LogP) is 2.39. The summed E-state index contributed by atoms with van der Waals surface area (Å²) in [6.45, 7) is 0.344. The van der Waals surface area contributed by atoms with Crippen molar-refractivity contribution in [1.29, 1.82) is 0 Å². The van der Waals surface area contributed by atoms with Crippen LogP contribution in [0.4, 0.5) is 5.69 Å². The molecule has 0 aliphatic heterocycles. The van der Waals surface area contributed by atoms with Gasteiger partial charge in [-0.2, -0.15) is 5.10 Å². The highest BCUT2D eigenvalue weighted by atomic mass is 35.5. The summed E-state index contributed by atoms with van der Waals surface area (Å²) in [4.78, 5) is 11.9. The Morgan fingerprint density at radius 2 is 2.17 bits per heavy atom. The fourth-order valence-electron chi connectivity index (χ4n) is 1.44. The molecule has 0 radical (unpaired) electrons. The van der Waals surface area contributed by atoms with E-state index in [-0.39, 0.29) is 5.91 Å². The Kier molecular flexibility index (Phi) is 3.96. The Labute approximate surface area is 109 Å². The highest BCUT2D eigenvalue weighted by Crippen LogP contribution is 2.12. The predicted molar refractivity (Wildman–Crippen MR) is 68.6 cm³/mol. The van der Waals surface area contributed by atoms with Gasteiger partial charge in [0.1, 0.15) is 6.73 Å². The average Bonchev–Trinajstić information content (AvgIpc) is 2.78. The van der Waals surface area contributed by atoms with Crippen LogP contribution in [0.5, 0.6) is 0 Å². The molecule has 1 heterocycles. The first-order chi connectivity index (χ1) is 8.69. The lowest BCUT2D eigenvalue weighted by molar-refractivity contribution is 0.102. The largest absolute Gasteiger partial charge is 0.362 e. The van der Waals surface area contributed by atoms with E-state index < -0.39 is 0 Å². The van der Waals surface area contributed by atoms with Gasteiger partial charge in [-0.15, -0.1) is 0 Å². The standard InChI is InChI=1S/C12H12ClN3O2/c1-18-8-16-7-11(6-14-16)15-12(17)9-2-4-10(13)5-3-9/h2-7H,8H2,1H3,(H,15,17). The van der Waals surface area contributed by atoms with Crippen molar-refractivity contribution in [2.45, 2.75) is 6.73 Å². The molecule has 0 saturated heterocycles. The quantitative estimate of drug-likeness (QED) is 0.923. The van der Waals surface area contributed by atoms with Crippen LogP contribution in [0.15, 0.2) is 36.7 Å². The number of hydrogen-bond donors (Lipinski definition) is 1. The Morgan fingerprint density at radius 1 is 1.44 bits per heavy atom. The fourth-order valence-corrected chi connectivity index (χ4v) is 1.56. The van der Waals surface area contributed by atoms with Gasteiger partial charge >= 0.3 is 0 Å². The van der Waals surface area contributed by atoms with Gasteiger partial charge in [-0.25, -0.2) is 4.68 Å². The summed E-state index contributed by atoms with van der Waals surface area (Å²) < 4.78 is 6.50. The van der Waals surface area contributed by atoms with E-state index in [4.69, 9.17) is 16.3 Å². The first-order valence-electron chi connectivity index (χ1n) is 5.27. The van der Waals surface area contributed by atoms with Crippen molar-refractivity contribution >= 4 is 23.2 Å². The number of aromatic nitrogens is 2. The third-order valence-electron chi connectivity index (χ3n) is 2.26. The average molecular weight is 266 g/mol. The van der Waals surface area contributed by atoms with E-state index in [1.54, 1.807) is 48.5 Å². The van der Waals surface area contributed by atoms with Crippen LogP contribution in [0.2, 0.25) is 5.02 Å². The molecule has 1 aromatic carbocycles. The molecule has 1 aromatic heterocycles. The minimum absolute atomic E-state index is 0.205. The number of nitrogens with one attached hydrogen (secondary N) is 1. The molecule has 6 heteroatoms. The molecule has 5 nitrogen and oxygen atoms in total. The van der Waals surface area contributed by atoms with Crippen LogP contribution in [-0.2, 0) is 11.5 Å². The highest BCUT2D eigenvalue weighted by Gasteiger charge is 2.07. The number of methoxy groups -OCH3 is 1. The number of amides is 1. The molecule has 18 heavy (non-hydrogen) atoms. The lowest BCUT2D eigenvalue weighted by atomic mass is 10.2. The number of nitrogens with zero attached hydrogens (tertiary/aromatic N) is 2. The second-order valence-corrected chi connectivity index (χ2v) is 4.08. The molecule has 1 N–H and O–H groups in total. The van der Waals surface area contributed by atoms with Crippen molar-refractivity contribution in [2.24, 2.45) is 0 Å². The summed E-state index contributed by atoms with van der Waals surface area (Å²) in [7, 11) is 1.58. The lowest BCUT2D eigenvalue weighted by Gasteiger charge is -2.02. The zero-order chi connectivity index (χ0) is 13.0. The van der Waals surface area contributed by atoms with Gasteiger partial charge in [0.05, 0.1) is 18.1 Å². The Morgan fingerprint density at radius 3 is 2.83 bits per heavy atom. The molecule has 0 bridgehead atoms. The minimum atomic E-state index is -0.205. The third-order valence-corrected chi connectivity index (χ3v) is 2.51. The maximum atomic E-state index is 11.9. The number of halogens is 1. The first kappa shape index (κ1) is 12.6. The van der Waals surface area contributed by atoms with Gasteiger partial charge in [0, 0.05) is 17.7 Å². The number of anilines is 1. The third kappa shape index (κ3) is 3.09. The summed E-state index contributed by atoms with van der Waals surface area (Å²) >= 11 is 5.76. The molecule has 2 aromatic rings. The molecular formula is C12H12ClN3O2. The molecule has 0 atom stereocenters. The molecule has 0 aliphatic carbocycles. The summed E-state index contributed by atoms with van der Waals surface area (Å²) in [6, 6.07) is 6.67. The van der Waals surface area contributed by atoms with E-state index in [9.17, 15) is 4.79 Å². The number of ether oxygens (including phenoxy) is 1. The van der Waals surface area contributed by atoms with Crippen molar-refractivity contribution in [3.8, 4) is 0 Å². The van der Waals surface area contributed by atoms with Crippen LogP contribution in [0.1, 0.15) is 10.4 Å². The van der Waals surface area contributed by atoms with Gasteiger partial charge in [-0.3, -0.25) is 4.79 Å². The number of carbonyl (C=O) groups excluding carboxylic acids is 1. The van der Waals surface area contributed by atoms with E-state index in [1.807, 2.05) is 0 Å². The van der Waals surface area contributed by atoms with Crippen molar-refractivity contribution in [3.05, 3.63) is 47.2 Å². The van der Waals surface area contributed by atoms with Gasteiger partial charge in [0.2, 0.25) is 0 Å². The summed E-state index contributed by atoms with van der Waals surface area (Å²) in [5, 5.41) is 7.35. The van der Waals surface area contributed by atoms with Gasteiger partial charge in [-0.05, 0) is 24.3 Å². The molecule has 0 unspecified atom stereocenters. The van der Waals surface area contributed by atoms with Gasteiger partial charge in [0.15, 0.2) is 0 Å². The zero-order valence-electron chi connectivity index (χ0n) is 9.76. The molecule has 2 rings (SSSR count). The molecule has 0 fully saturated rings. The van der Waals surface area contributed by atoms with Gasteiger partial charge < -0.3 is 10.1 Å². The van der Waals surface area contributed by atoms with Crippen LogP contribution in [0.3, 0.4) is 0 Å². The Balaban J connectivity index is 2.04. The van der Waals surface area contributed by atoms with Crippen LogP contribution >= 0.6 is 11.6 Å². The van der Waals surface area contributed by atoms with Crippen LogP contribution < -0.4 is 5.32 Å².